The maximum Gasteiger partial charge on any atom is 0.137 e. The van der Waals surface area contributed by atoms with Crippen molar-refractivity contribution in [2.45, 2.75) is 25.9 Å². The molecule has 0 bridgehead atoms. The summed E-state index contributed by atoms with van der Waals surface area (Å²) in [5, 5.41) is 9.53. The van der Waals surface area contributed by atoms with Crippen LogP contribution in [0.25, 0.3) is 0 Å². The van der Waals surface area contributed by atoms with Gasteiger partial charge < -0.3 is 9.84 Å². The van der Waals surface area contributed by atoms with E-state index in [0.717, 1.165) is 11.4 Å². The first-order chi connectivity index (χ1) is 6.01. The van der Waals surface area contributed by atoms with Crippen molar-refractivity contribution >= 4 is 0 Å². The zero-order valence-corrected chi connectivity index (χ0v) is 8.24. The Kier molecular flexibility index (Phi) is 2.88. The Balaban J connectivity index is 2.70. The van der Waals surface area contributed by atoms with Crippen LogP contribution in [0.1, 0.15) is 19.5 Å². The minimum atomic E-state index is -0.707. The molecular weight excluding hydrogens is 166 g/mol. The standard InChI is InChI=1S/C10H15NO2/c1-10(2,12)6-8-4-5-9(13-3)7-11-8/h4-5,7,12H,6H2,1-3H3. The van der Waals surface area contributed by atoms with Crippen LogP contribution in [0, 0.1) is 0 Å². The lowest BCUT2D eigenvalue weighted by Crippen LogP contribution is -2.22. The second-order valence-electron chi connectivity index (χ2n) is 3.68. The fraction of sp³-hybridized carbons (Fsp3) is 0.500. The average Bonchev–Trinajstić information content (AvgIpc) is 2.03. The van der Waals surface area contributed by atoms with Gasteiger partial charge in [0.15, 0.2) is 0 Å². The average molecular weight is 181 g/mol. The van der Waals surface area contributed by atoms with Crippen LogP contribution in [0.5, 0.6) is 5.75 Å². The van der Waals surface area contributed by atoms with Gasteiger partial charge in [-0.2, -0.15) is 0 Å². The quantitative estimate of drug-likeness (QED) is 0.766. The summed E-state index contributed by atoms with van der Waals surface area (Å²) in [6.45, 7) is 3.53. The van der Waals surface area contributed by atoms with Gasteiger partial charge in [0.2, 0.25) is 0 Å². The Labute approximate surface area is 78.4 Å². The van der Waals surface area contributed by atoms with Crippen molar-refractivity contribution in [1.29, 1.82) is 0 Å². The fourth-order valence-electron chi connectivity index (χ4n) is 1.08. The molecule has 0 saturated heterocycles. The highest BCUT2D eigenvalue weighted by molar-refractivity contribution is 5.20. The van der Waals surface area contributed by atoms with Crippen LogP contribution in [0.3, 0.4) is 0 Å². The van der Waals surface area contributed by atoms with Crippen molar-refractivity contribution in [2.24, 2.45) is 0 Å². The number of hydrogen-bond donors (Lipinski definition) is 1. The summed E-state index contributed by atoms with van der Waals surface area (Å²) in [6.07, 6.45) is 2.21. The molecule has 1 N–H and O–H groups in total. The molecule has 0 fully saturated rings. The number of ether oxygens (including phenoxy) is 1. The molecule has 0 amide bonds. The molecule has 0 aliphatic carbocycles. The Morgan fingerprint density at radius 2 is 2.15 bits per heavy atom. The number of aliphatic hydroxyl groups is 1. The van der Waals surface area contributed by atoms with Gasteiger partial charge >= 0.3 is 0 Å². The number of rotatable bonds is 3. The molecule has 1 rings (SSSR count). The normalized spacial score (nSPS) is 11.4. The number of pyridine rings is 1. The highest BCUT2D eigenvalue weighted by Gasteiger charge is 2.13. The lowest BCUT2D eigenvalue weighted by Gasteiger charge is -2.15. The minimum Gasteiger partial charge on any atom is -0.495 e. The first kappa shape index (κ1) is 9.99. The summed E-state index contributed by atoms with van der Waals surface area (Å²) >= 11 is 0. The molecule has 0 radical (unpaired) electrons. The van der Waals surface area contributed by atoms with Crippen LogP contribution in [0.15, 0.2) is 18.3 Å². The summed E-state index contributed by atoms with van der Waals surface area (Å²) in [4.78, 5) is 4.15. The van der Waals surface area contributed by atoms with Gasteiger partial charge in [-0.05, 0) is 26.0 Å². The molecule has 0 saturated carbocycles. The highest BCUT2D eigenvalue weighted by atomic mass is 16.5. The number of hydrogen-bond acceptors (Lipinski definition) is 3. The molecule has 0 aliphatic heterocycles. The summed E-state index contributed by atoms with van der Waals surface area (Å²) < 4.78 is 4.97. The monoisotopic (exact) mass is 181 g/mol. The maximum atomic E-state index is 9.53. The van der Waals surface area contributed by atoms with Gasteiger partial charge in [0, 0.05) is 12.1 Å². The molecule has 3 heteroatoms. The zero-order chi connectivity index (χ0) is 9.90. The summed E-state index contributed by atoms with van der Waals surface area (Å²) in [7, 11) is 1.60. The Morgan fingerprint density at radius 1 is 1.46 bits per heavy atom. The van der Waals surface area contributed by atoms with Crippen molar-refractivity contribution in [1.82, 2.24) is 4.98 Å². The Morgan fingerprint density at radius 3 is 2.54 bits per heavy atom. The second-order valence-corrected chi connectivity index (χ2v) is 3.68. The lowest BCUT2D eigenvalue weighted by molar-refractivity contribution is 0.0799. The molecule has 0 spiro atoms. The van der Waals surface area contributed by atoms with Crippen LogP contribution in [0.4, 0.5) is 0 Å². The predicted octanol–water partition coefficient (Wildman–Crippen LogP) is 1.40. The van der Waals surface area contributed by atoms with Crippen molar-refractivity contribution in [2.75, 3.05) is 7.11 Å². The van der Waals surface area contributed by atoms with Crippen molar-refractivity contribution in [3.63, 3.8) is 0 Å². The van der Waals surface area contributed by atoms with Crippen LogP contribution < -0.4 is 4.74 Å². The van der Waals surface area contributed by atoms with Gasteiger partial charge in [-0.15, -0.1) is 0 Å². The largest absolute Gasteiger partial charge is 0.495 e. The van der Waals surface area contributed by atoms with Gasteiger partial charge in [0.1, 0.15) is 5.75 Å². The Bertz CT molecular complexity index is 261. The van der Waals surface area contributed by atoms with Crippen LogP contribution in [0.2, 0.25) is 0 Å². The summed E-state index contributed by atoms with van der Waals surface area (Å²) in [5.41, 5.74) is 0.162. The summed E-state index contributed by atoms with van der Waals surface area (Å²) in [5.74, 6) is 0.736. The van der Waals surface area contributed by atoms with E-state index in [1.54, 1.807) is 27.2 Å². The molecule has 0 aliphatic rings. The number of aromatic nitrogens is 1. The molecule has 0 unspecified atom stereocenters. The summed E-state index contributed by atoms with van der Waals surface area (Å²) in [6, 6.07) is 3.70. The minimum absolute atomic E-state index is 0.553. The van der Waals surface area contributed by atoms with Crippen LogP contribution in [-0.4, -0.2) is 22.8 Å². The smallest absolute Gasteiger partial charge is 0.137 e. The third-order valence-corrected chi connectivity index (χ3v) is 1.65. The van der Waals surface area contributed by atoms with E-state index < -0.39 is 5.60 Å². The van der Waals surface area contributed by atoms with Gasteiger partial charge in [-0.3, -0.25) is 4.98 Å². The molecule has 1 aromatic rings. The van der Waals surface area contributed by atoms with Crippen LogP contribution >= 0.6 is 0 Å². The Hall–Kier alpha value is -1.09. The van der Waals surface area contributed by atoms with E-state index in [0.29, 0.717) is 6.42 Å². The molecule has 1 aromatic heterocycles. The topological polar surface area (TPSA) is 42.4 Å². The van der Waals surface area contributed by atoms with Gasteiger partial charge in [0.05, 0.1) is 18.9 Å². The molecule has 0 atom stereocenters. The first-order valence-corrected chi connectivity index (χ1v) is 4.22. The van der Waals surface area contributed by atoms with Crippen LogP contribution in [-0.2, 0) is 6.42 Å². The third kappa shape index (κ3) is 3.42. The number of nitrogens with zero attached hydrogens (tertiary/aromatic N) is 1. The number of methoxy groups -OCH3 is 1. The molecule has 3 nitrogen and oxygen atoms in total. The first-order valence-electron chi connectivity index (χ1n) is 4.22. The maximum absolute atomic E-state index is 9.53. The third-order valence-electron chi connectivity index (χ3n) is 1.65. The zero-order valence-electron chi connectivity index (χ0n) is 8.24. The molecule has 72 valence electrons. The molecular formula is C10H15NO2. The van der Waals surface area contributed by atoms with E-state index in [-0.39, 0.29) is 0 Å². The highest BCUT2D eigenvalue weighted by Crippen LogP contribution is 2.13. The van der Waals surface area contributed by atoms with Crippen molar-refractivity contribution in [3.05, 3.63) is 24.0 Å². The van der Waals surface area contributed by atoms with Gasteiger partial charge in [-0.1, -0.05) is 0 Å². The van der Waals surface area contributed by atoms with E-state index >= 15 is 0 Å². The van der Waals surface area contributed by atoms with E-state index in [4.69, 9.17) is 4.74 Å². The predicted molar refractivity (Wildman–Crippen MR) is 50.8 cm³/mol. The van der Waals surface area contributed by atoms with E-state index in [2.05, 4.69) is 4.98 Å². The van der Waals surface area contributed by atoms with Crippen molar-refractivity contribution in [3.8, 4) is 5.75 Å². The van der Waals surface area contributed by atoms with Crippen molar-refractivity contribution < 1.29 is 9.84 Å². The van der Waals surface area contributed by atoms with E-state index in [9.17, 15) is 5.11 Å². The van der Waals surface area contributed by atoms with E-state index in [1.807, 2.05) is 12.1 Å². The lowest BCUT2D eigenvalue weighted by atomic mass is 10.0. The van der Waals surface area contributed by atoms with Gasteiger partial charge in [-0.25, -0.2) is 0 Å². The molecule has 13 heavy (non-hydrogen) atoms. The fourth-order valence-corrected chi connectivity index (χ4v) is 1.08. The van der Waals surface area contributed by atoms with Gasteiger partial charge in [0.25, 0.3) is 0 Å². The SMILES string of the molecule is COc1ccc(CC(C)(C)O)nc1. The second kappa shape index (κ2) is 3.75. The molecule has 1 heterocycles. The molecule has 0 aromatic carbocycles. The van der Waals surface area contributed by atoms with E-state index in [1.165, 1.54) is 0 Å².